The first-order chi connectivity index (χ1) is 8.02. The fourth-order valence-electron chi connectivity index (χ4n) is 1.95. The molecule has 2 rings (SSSR count). The number of amides is 1. The predicted molar refractivity (Wildman–Crippen MR) is 64.5 cm³/mol. The maximum atomic E-state index is 11.9. The highest BCUT2D eigenvalue weighted by Gasteiger charge is 2.28. The summed E-state index contributed by atoms with van der Waals surface area (Å²) < 4.78 is 5.61. The van der Waals surface area contributed by atoms with Gasteiger partial charge in [-0.1, -0.05) is 13.0 Å². The molecule has 1 unspecified atom stereocenters. The molecular weight excluding hydrogens is 218 g/mol. The zero-order chi connectivity index (χ0) is 12.6. The third-order valence-electron chi connectivity index (χ3n) is 2.96. The first-order valence-electron chi connectivity index (χ1n) is 5.56. The van der Waals surface area contributed by atoms with Gasteiger partial charge in [0.2, 0.25) is 5.91 Å². The van der Waals surface area contributed by atoms with Crippen LogP contribution in [-0.4, -0.2) is 25.3 Å². The van der Waals surface area contributed by atoms with Gasteiger partial charge >= 0.3 is 0 Å². The number of anilines is 1. The van der Waals surface area contributed by atoms with Gasteiger partial charge in [-0.25, -0.2) is 0 Å². The number of para-hydroxylation sites is 1. The number of nitrogens with zero attached hydrogens (tertiary/aromatic N) is 1. The van der Waals surface area contributed by atoms with Gasteiger partial charge in [-0.3, -0.25) is 9.59 Å². The zero-order valence-corrected chi connectivity index (χ0v) is 10.2. The molecule has 0 bridgehead atoms. The Labute approximate surface area is 100 Å². The Balaban J connectivity index is 2.57. The molecule has 0 fully saturated rings. The van der Waals surface area contributed by atoms with Crippen LogP contribution in [0.2, 0.25) is 0 Å². The number of hydrogen-bond donors (Lipinski definition) is 0. The van der Waals surface area contributed by atoms with E-state index in [4.69, 9.17) is 4.74 Å². The highest BCUT2D eigenvalue weighted by Crippen LogP contribution is 2.35. The van der Waals surface area contributed by atoms with Crippen LogP contribution >= 0.6 is 0 Å². The molecule has 1 aromatic carbocycles. The number of ether oxygens (including phenoxy) is 1. The van der Waals surface area contributed by atoms with Crippen molar-refractivity contribution in [3.63, 3.8) is 0 Å². The standard InChI is InChI=1S/C13H15NO3/c1-8-7-17-12-10(9(2)15)5-4-6-11(12)14(3)13(8)16/h4-6,8H,7H2,1-3H3. The lowest BCUT2D eigenvalue weighted by Gasteiger charge is -2.18. The quantitative estimate of drug-likeness (QED) is 0.696. The van der Waals surface area contributed by atoms with E-state index in [1.165, 1.54) is 6.92 Å². The number of fused-ring (bicyclic) bond motifs is 1. The van der Waals surface area contributed by atoms with Gasteiger partial charge in [0, 0.05) is 7.05 Å². The van der Waals surface area contributed by atoms with Crippen molar-refractivity contribution in [3.8, 4) is 5.75 Å². The van der Waals surface area contributed by atoms with Crippen molar-refractivity contribution in [3.05, 3.63) is 23.8 Å². The van der Waals surface area contributed by atoms with Crippen molar-refractivity contribution in [2.24, 2.45) is 5.92 Å². The molecule has 0 aromatic heterocycles. The van der Waals surface area contributed by atoms with Crippen LogP contribution in [0.25, 0.3) is 0 Å². The van der Waals surface area contributed by atoms with E-state index in [1.54, 1.807) is 30.1 Å². The SMILES string of the molecule is CC(=O)c1cccc2c1OCC(C)C(=O)N2C. The average Bonchev–Trinajstić information content (AvgIpc) is 2.42. The van der Waals surface area contributed by atoms with Crippen molar-refractivity contribution in [2.75, 3.05) is 18.6 Å². The van der Waals surface area contributed by atoms with Crippen molar-refractivity contribution in [2.45, 2.75) is 13.8 Å². The Bertz CT molecular complexity index is 482. The molecule has 4 nitrogen and oxygen atoms in total. The Morgan fingerprint density at radius 1 is 1.47 bits per heavy atom. The van der Waals surface area contributed by atoms with E-state index in [0.29, 0.717) is 23.6 Å². The molecule has 17 heavy (non-hydrogen) atoms. The van der Waals surface area contributed by atoms with E-state index in [1.807, 2.05) is 6.92 Å². The molecule has 1 atom stereocenters. The van der Waals surface area contributed by atoms with Crippen molar-refractivity contribution in [1.82, 2.24) is 0 Å². The molecule has 1 amide bonds. The summed E-state index contributed by atoms with van der Waals surface area (Å²) in [6, 6.07) is 5.27. The van der Waals surface area contributed by atoms with E-state index in [9.17, 15) is 9.59 Å². The minimum Gasteiger partial charge on any atom is -0.490 e. The van der Waals surface area contributed by atoms with Crippen LogP contribution in [-0.2, 0) is 4.79 Å². The van der Waals surface area contributed by atoms with Crippen LogP contribution in [0.3, 0.4) is 0 Å². The lowest BCUT2D eigenvalue weighted by atomic mass is 10.1. The van der Waals surface area contributed by atoms with Gasteiger partial charge in [-0.15, -0.1) is 0 Å². The van der Waals surface area contributed by atoms with Crippen LogP contribution in [0.5, 0.6) is 5.75 Å². The fourth-order valence-corrected chi connectivity index (χ4v) is 1.95. The molecular formula is C13H15NO3. The predicted octanol–water partition coefficient (Wildman–Crippen LogP) is 1.88. The summed E-state index contributed by atoms with van der Waals surface area (Å²) in [6.07, 6.45) is 0. The van der Waals surface area contributed by atoms with Crippen LogP contribution in [0, 0.1) is 5.92 Å². The summed E-state index contributed by atoms with van der Waals surface area (Å²) in [6.45, 7) is 3.62. The Morgan fingerprint density at radius 2 is 2.18 bits per heavy atom. The average molecular weight is 233 g/mol. The number of rotatable bonds is 1. The molecule has 1 heterocycles. The van der Waals surface area contributed by atoms with E-state index >= 15 is 0 Å². The van der Waals surface area contributed by atoms with Crippen LogP contribution in [0.15, 0.2) is 18.2 Å². The second kappa shape index (κ2) is 4.20. The second-order valence-electron chi connectivity index (χ2n) is 4.32. The minimum absolute atomic E-state index is 0.00412. The van der Waals surface area contributed by atoms with Crippen molar-refractivity contribution in [1.29, 1.82) is 0 Å². The van der Waals surface area contributed by atoms with Gasteiger partial charge in [-0.05, 0) is 19.1 Å². The number of carbonyl (C=O) groups is 2. The molecule has 0 spiro atoms. The van der Waals surface area contributed by atoms with Crippen LogP contribution in [0.4, 0.5) is 5.69 Å². The van der Waals surface area contributed by atoms with Gasteiger partial charge in [0.05, 0.1) is 23.8 Å². The molecule has 0 radical (unpaired) electrons. The Hall–Kier alpha value is -1.84. The van der Waals surface area contributed by atoms with Gasteiger partial charge in [0.1, 0.15) is 0 Å². The van der Waals surface area contributed by atoms with E-state index in [-0.39, 0.29) is 17.6 Å². The summed E-state index contributed by atoms with van der Waals surface area (Å²) in [4.78, 5) is 25.0. The molecule has 0 N–H and O–H groups in total. The first-order valence-corrected chi connectivity index (χ1v) is 5.56. The second-order valence-corrected chi connectivity index (χ2v) is 4.32. The number of hydrogen-bond acceptors (Lipinski definition) is 3. The highest BCUT2D eigenvalue weighted by atomic mass is 16.5. The molecule has 4 heteroatoms. The fraction of sp³-hybridized carbons (Fsp3) is 0.385. The Kier molecular flexibility index (Phi) is 2.88. The highest BCUT2D eigenvalue weighted by molar-refractivity contribution is 6.02. The lowest BCUT2D eigenvalue weighted by molar-refractivity contribution is -0.122. The number of Topliss-reactive ketones (excluding diaryl/α,β-unsaturated/α-hetero) is 1. The number of ketones is 1. The number of carbonyl (C=O) groups excluding carboxylic acids is 2. The molecule has 1 aliphatic rings. The van der Waals surface area contributed by atoms with E-state index in [2.05, 4.69) is 0 Å². The maximum Gasteiger partial charge on any atom is 0.233 e. The van der Waals surface area contributed by atoms with E-state index in [0.717, 1.165) is 0 Å². The lowest BCUT2D eigenvalue weighted by Crippen LogP contribution is -2.31. The normalized spacial score (nSPS) is 19.4. The van der Waals surface area contributed by atoms with Gasteiger partial charge in [0.25, 0.3) is 0 Å². The monoisotopic (exact) mass is 233 g/mol. The van der Waals surface area contributed by atoms with Gasteiger partial charge in [-0.2, -0.15) is 0 Å². The maximum absolute atomic E-state index is 11.9. The van der Waals surface area contributed by atoms with Crippen molar-refractivity contribution >= 4 is 17.4 Å². The molecule has 90 valence electrons. The number of benzene rings is 1. The molecule has 1 aliphatic heterocycles. The third kappa shape index (κ3) is 1.90. The minimum atomic E-state index is -0.202. The largest absolute Gasteiger partial charge is 0.490 e. The summed E-state index contributed by atoms with van der Waals surface area (Å²) >= 11 is 0. The Morgan fingerprint density at radius 3 is 2.82 bits per heavy atom. The molecule has 0 saturated carbocycles. The summed E-state index contributed by atoms with van der Waals surface area (Å²) in [5, 5.41) is 0. The molecule has 0 saturated heterocycles. The summed E-state index contributed by atoms with van der Waals surface area (Å²) in [7, 11) is 1.70. The van der Waals surface area contributed by atoms with Gasteiger partial charge < -0.3 is 9.64 Å². The summed E-state index contributed by atoms with van der Waals surface area (Å²) in [5.41, 5.74) is 1.18. The first kappa shape index (κ1) is 11.6. The van der Waals surface area contributed by atoms with Gasteiger partial charge in [0.15, 0.2) is 11.5 Å². The van der Waals surface area contributed by atoms with Crippen LogP contribution < -0.4 is 9.64 Å². The third-order valence-corrected chi connectivity index (χ3v) is 2.96. The van der Waals surface area contributed by atoms with E-state index < -0.39 is 0 Å². The zero-order valence-electron chi connectivity index (χ0n) is 10.2. The smallest absolute Gasteiger partial charge is 0.233 e. The topological polar surface area (TPSA) is 46.6 Å². The van der Waals surface area contributed by atoms with Crippen LogP contribution in [0.1, 0.15) is 24.2 Å². The molecule has 0 aliphatic carbocycles. The van der Waals surface area contributed by atoms with Crippen molar-refractivity contribution < 1.29 is 14.3 Å². The molecule has 1 aromatic rings. The summed E-state index contributed by atoms with van der Waals surface area (Å²) in [5.74, 6) is 0.258.